The summed E-state index contributed by atoms with van der Waals surface area (Å²) in [5.41, 5.74) is 3.73. The van der Waals surface area contributed by atoms with Crippen molar-refractivity contribution in [3.8, 4) is 5.88 Å². The Kier molecular flexibility index (Phi) is 4.93. The van der Waals surface area contributed by atoms with Crippen molar-refractivity contribution in [2.24, 2.45) is 0 Å². The second kappa shape index (κ2) is 7.09. The highest BCUT2D eigenvalue weighted by molar-refractivity contribution is 6.99. The van der Waals surface area contributed by atoms with E-state index in [2.05, 4.69) is 45.7 Å². The van der Waals surface area contributed by atoms with Gasteiger partial charge in [-0.1, -0.05) is 36.6 Å². The van der Waals surface area contributed by atoms with E-state index in [9.17, 15) is 0 Å². The first-order valence-electron chi connectivity index (χ1n) is 8.00. The number of aryl methyl sites for hydroxylation is 2. The number of ether oxygens (including phenoxy) is 1. The third kappa shape index (κ3) is 3.58. The SMILES string of the molecule is Cc1ccc(C)c(COc2nsnc2N2CCCCCC2)c1. The third-order valence-electron chi connectivity index (χ3n) is 4.22. The lowest BCUT2D eigenvalue weighted by molar-refractivity contribution is 0.296. The van der Waals surface area contributed by atoms with E-state index in [1.165, 1.54) is 54.1 Å². The molecule has 0 unspecified atom stereocenters. The number of anilines is 1. The Morgan fingerprint density at radius 1 is 1.09 bits per heavy atom. The van der Waals surface area contributed by atoms with Gasteiger partial charge in [0, 0.05) is 13.1 Å². The lowest BCUT2D eigenvalue weighted by Crippen LogP contribution is -2.24. The lowest BCUT2D eigenvalue weighted by atomic mass is 10.1. The predicted molar refractivity (Wildman–Crippen MR) is 90.8 cm³/mol. The molecule has 3 rings (SSSR count). The molecular formula is C17H23N3OS. The van der Waals surface area contributed by atoms with E-state index in [1.54, 1.807) is 0 Å². The van der Waals surface area contributed by atoms with E-state index in [0.29, 0.717) is 12.5 Å². The number of aromatic nitrogens is 2. The molecule has 2 heterocycles. The topological polar surface area (TPSA) is 38.3 Å². The summed E-state index contributed by atoms with van der Waals surface area (Å²) in [4.78, 5) is 2.33. The van der Waals surface area contributed by atoms with Crippen molar-refractivity contribution in [3.05, 3.63) is 34.9 Å². The van der Waals surface area contributed by atoms with Gasteiger partial charge in [-0.15, -0.1) is 4.37 Å². The standard InChI is InChI=1S/C17H23N3OS/c1-13-7-8-14(2)15(11-13)12-21-17-16(18-22-19-17)20-9-5-3-4-6-10-20/h7-8,11H,3-6,9-10,12H2,1-2H3. The molecule has 0 atom stereocenters. The highest BCUT2D eigenvalue weighted by Gasteiger charge is 2.19. The normalized spacial score (nSPS) is 15.6. The molecule has 1 fully saturated rings. The molecule has 1 aliphatic heterocycles. The minimum atomic E-state index is 0.555. The summed E-state index contributed by atoms with van der Waals surface area (Å²) in [5, 5.41) is 0. The van der Waals surface area contributed by atoms with Crippen LogP contribution >= 0.6 is 11.7 Å². The molecule has 1 aliphatic rings. The maximum atomic E-state index is 5.99. The molecule has 2 aromatic rings. The summed E-state index contributed by atoms with van der Waals surface area (Å²) in [7, 11) is 0. The molecule has 0 radical (unpaired) electrons. The average molecular weight is 317 g/mol. The minimum Gasteiger partial charge on any atom is -0.470 e. The molecule has 0 amide bonds. The first kappa shape index (κ1) is 15.3. The maximum absolute atomic E-state index is 5.99. The van der Waals surface area contributed by atoms with Crippen LogP contribution in [0.5, 0.6) is 5.88 Å². The molecule has 22 heavy (non-hydrogen) atoms. The van der Waals surface area contributed by atoms with Crippen molar-refractivity contribution >= 4 is 17.5 Å². The molecule has 4 nitrogen and oxygen atoms in total. The van der Waals surface area contributed by atoms with Gasteiger partial charge in [-0.25, -0.2) is 0 Å². The molecule has 0 saturated carbocycles. The Balaban J connectivity index is 1.70. The molecule has 0 N–H and O–H groups in total. The Labute approximate surface area is 136 Å². The number of benzene rings is 1. The van der Waals surface area contributed by atoms with E-state index in [0.717, 1.165) is 18.9 Å². The van der Waals surface area contributed by atoms with Crippen molar-refractivity contribution in [3.63, 3.8) is 0 Å². The van der Waals surface area contributed by atoms with Gasteiger partial charge < -0.3 is 9.64 Å². The van der Waals surface area contributed by atoms with Gasteiger partial charge in [0.25, 0.3) is 5.88 Å². The Bertz CT molecular complexity index is 618. The molecule has 1 saturated heterocycles. The van der Waals surface area contributed by atoms with Crippen LogP contribution in [0.1, 0.15) is 42.4 Å². The van der Waals surface area contributed by atoms with Crippen LogP contribution in [0.25, 0.3) is 0 Å². The highest BCUT2D eigenvalue weighted by Crippen LogP contribution is 2.28. The maximum Gasteiger partial charge on any atom is 0.271 e. The molecule has 118 valence electrons. The molecular weight excluding hydrogens is 294 g/mol. The van der Waals surface area contributed by atoms with Gasteiger partial charge in [-0.3, -0.25) is 0 Å². The van der Waals surface area contributed by atoms with Gasteiger partial charge in [-0.2, -0.15) is 4.37 Å². The third-order valence-corrected chi connectivity index (χ3v) is 4.72. The van der Waals surface area contributed by atoms with Crippen LogP contribution < -0.4 is 9.64 Å². The van der Waals surface area contributed by atoms with Gasteiger partial charge in [0.1, 0.15) is 6.61 Å². The number of nitrogens with zero attached hydrogens (tertiary/aromatic N) is 3. The molecule has 1 aromatic heterocycles. The van der Waals surface area contributed by atoms with E-state index >= 15 is 0 Å². The fourth-order valence-corrected chi connectivity index (χ4v) is 3.36. The van der Waals surface area contributed by atoms with Crippen molar-refractivity contribution in [1.82, 2.24) is 8.75 Å². The molecule has 0 aliphatic carbocycles. The summed E-state index contributed by atoms with van der Waals surface area (Å²) in [5.74, 6) is 1.62. The number of rotatable bonds is 4. The Hall–Kier alpha value is -1.62. The molecule has 0 bridgehead atoms. The van der Waals surface area contributed by atoms with Gasteiger partial charge >= 0.3 is 0 Å². The van der Waals surface area contributed by atoms with Crippen molar-refractivity contribution in [1.29, 1.82) is 0 Å². The minimum absolute atomic E-state index is 0.555. The van der Waals surface area contributed by atoms with Crippen LogP contribution in [-0.2, 0) is 6.61 Å². The highest BCUT2D eigenvalue weighted by atomic mass is 32.1. The fourth-order valence-electron chi connectivity index (χ4n) is 2.84. The largest absolute Gasteiger partial charge is 0.470 e. The van der Waals surface area contributed by atoms with Gasteiger partial charge in [0.05, 0.1) is 11.7 Å². The van der Waals surface area contributed by atoms with Crippen LogP contribution in [0.2, 0.25) is 0 Å². The summed E-state index contributed by atoms with van der Waals surface area (Å²) >= 11 is 1.24. The Morgan fingerprint density at radius 2 is 1.86 bits per heavy atom. The van der Waals surface area contributed by atoms with E-state index in [-0.39, 0.29) is 0 Å². The quantitative estimate of drug-likeness (QED) is 0.850. The second-order valence-corrected chi connectivity index (χ2v) is 6.54. The van der Waals surface area contributed by atoms with Crippen LogP contribution in [0.4, 0.5) is 5.82 Å². The second-order valence-electron chi connectivity index (χ2n) is 6.01. The lowest BCUT2D eigenvalue weighted by Gasteiger charge is -2.20. The monoisotopic (exact) mass is 317 g/mol. The number of hydrogen-bond donors (Lipinski definition) is 0. The zero-order chi connectivity index (χ0) is 15.4. The summed E-state index contributed by atoms with van der Waals surface area (Å²) in [6.45, 7) is 6.90. The number of hydrogen-bond acceptors (Lipinski definition) is 5. The van der Waals surface area contributed by atoms with Gasteiger partial charge in [-0.05, 0) is 37.8 Å². The summed E-state index contributed by atoms with van der Waals surface area (Å²) < 4.78 is 14.8. The van der Waals surface area contributed by atoms with Crippen molar-refractivity contribution in [2.45, 2.75) is 46.1 Å². The first-order chi connectivity index (χ1) is 10.7. The zero-order valence-corrected chi connectivity index (χ0v) is 14.2. The van der Waals surface area contributed by atoms with Crippen LogP contribution in [0.15, 0.2) is 18.2 Å². The fraction of sp³-hybridized carbons (Fsp3) is 0.529. The molecule has 1 aromatic carbocycles. The predicted octanol–water partition coefficient (Wildman–Crippen LogP) is 4.11. The van der Waals surface area contributed by atoms with Crippen molar-refractivity contribution < 1.29 is 4.74 Å². The van der Waals surface area contributed by atoms with Gasteiger partial charge in [0.2, 0.25) is 5.82 Å². The van der Waals surface area contributed by atoms with Crippen LogP contribution in [0.3, 0.4) is 0 Å². The first-order valence-corrected chi connectivity index (χ1v) is 8.73. The zero-order valence-electron chi connectivity index (χ0n) is 13.3. The smallest absolute Gasteiger partial charge is 0.271 e. The molecule has 0 spiro atoms. The summed E-state index contributed by atoms with van der Waals surface area (Å²) in [6.07, 6.45) is 5.08. The summed E-state index contributed by atoms with van der Waals surface area (Å²) in [6, 6.07) is 6.45. The Morgan fingerprint density at radius 3 is 2.64 bits per heavy atom. The van der Waals surface area contributed by atoms with Crippen LogP contribution in [0, 0.1) is 13.8 Å². The van der Waals surface area contributed by atoms with E-state index in [1.807, 2.05) is 0 Å². The molecule has 5 heteroatoms. The van der Waals surface area contributed by atoms with E-state index < -0.39 is 0 Å². The van der Waals surface area contributed by atoms with E-state index in [4.69, 9.17) is 4.74 Å². The van der Waals surface area contributed by atoms with Gasteiger partial charge in [0.15, 0.2) is 0 Å². The average Bonchev–Trinajstić information content (AvgIpc) is 2.81. The van der Waals surface area contributed by atoms with Crippen molar-refractivity contribution in [2.75, 3.05) is 18.0 Å². The van der Waals surface area contributed by atoms with Crippen LogP contribution in [-0.4, -0.2) is 21.8 Å².